The van der Waals surface area contributed by atoms with Gasteiger partial charge in [0.2, 0.25) is 10.0 Å². The number of benzene rings is 1. The molecule has 37 heavy (non-hydrogen) atoms. The number of para-hydroxylation sites is 1. The van der Waals surface area contributed by atoms with E-state index in [1.165, 1.54) is 87.9 Å². The van der Waals surface area contributed by atoms with Gasteiger partial charge in [0.25, 0.3) is 0 Å². The molecule has 0 heterocycles. The third kappa shape index (κ3) is 18.7. The van der Waals surface area contributed by atoms with Crippen LogP contribution in [0.5, 0.6) is 0 Å². The summed E-state index contributed by atoms with van der Waals surface area (Å²) in [7, 11) is -3.43. The van der Waals surface area contributed by atoms with E-state index in [-0.39, 0.29) is 12.4 Å². The first-order valence-electron chi connectivity index (χ1n) is 15.5. The molecule has 1 N–H and O–H groups in total. The molecule has 1 rings (SSSR count). The van der Waals surface area contributed by atoms with Crippen molar-refractivity contribution in [3.8, 4) is 0 Å². The molecule has 1 aromatic rings. The molecular formula is C31H57FN2O2S. The average molecular weight is 541 g/mol. The quantitative estimate of drug-likeness (QED) is 0.0893. The SMILES string of the molecule is CCCCCCCCCCCCCCCCCNN(c1ccccc1)S(=O)(=O)CCCCCCCCF. The highest BCUT2D eigenvalue weighted by Gasteiger charge is 2.21. The largest absolute Gasteiger partial charge is 0.251 e. The molecule has 4 nitrogen and oxygen atoms in total. The predicted molar refractivity (Wildman–Crippen MR) is 159 cm³/mol. The molecule has 6 heteroatoms. The number of hydrazine groups is 1. The molecular weight excluding hydrogens is 483 g/mol. The normalized spacial score (nSPS) is 11.7. The summed E-state index contributed by atoms with van der Waals surface area (Å²) in [5.41, 5.74) is 3.87. The summed E-state index contributed by atoms with van der Waals surface area (Å²) in [5.74, 6) is 0.136. The van der Waals surface area contributed by atoms with E-state index in [1.54, 1.807) is 0 Å². The maximum Gasteiger partial charge on any atom is 0.248 e. The standard InChI is InChI=1S/C31H57FN2O2S/c1-2-3-4-5-6-7-8-9-10-11-12-13-15-18-24-29-33-34(31-26-21-20-22-27-31)37(35,36)30-25-19-16-14-17-23-28-32/h20-22,26-27,33H,2-19,23-25,28-30H2,1H3. The third-order valence-corrected chi connectivity index (χ3v) is 8.79. The van der Waals surface area contributed by atoms with Crippen LogP contribution in [0.3, 0.4) is 0 Å². The fraction of sp³-hybridized carbons (Fsp3) is 0.806. The van der Waals surface area contributed by atoms with Crippen LogP contribution in [0.4, 0.5) is 10.1 Å². The van der Waals surface area contributed by atoms with E-state index < -0.39 is 10.0 Å². The maximum atomic E-state index is 13.1. The predicted octanol–water partition coefficient (Wildman–Crippen LogP) is 9.51. The number of rotatable bonds is 27. The van der Waals surface area contributed by atoms with Gasteiger partial charge in [0, 0.05) is 6.54 Å². The molecule has 0 atom stereocenters. The number of hydrogen-bond donors (Lipinski definition) is 1. The van der Waals surface area contributed by atoms with Crippen molar-refractivity contribution in [2.75, 3.05) is 23.4 Å². The molecule has 0 radical (unpaired) electrons. The van der Waals surface area contributed by atoms with Crippen molar-refractivity contribution in [2.45, 2.75) is 142 Å². The lowest BCUT2D eigenvalue weighted by Crippen LogP contribution is -2.44. The summed E-state index contributed by atoms with van der Waals surface area (Å²) in [6, 6.07) is 9.33. The van der Waals surface area contributed by atoms with Crippen molar-refractivity contribution in [1.82, 2.24) is 5.43 Å². The van der Waals surface area contributed by atoms with Gasteiger partial charge in [-0.25, -0.2) is 18.3 Å². The van der Waals surface area contributed by atoms with E-state index in [1.807, 2.05) is 30.3 Å². The molecule has 1 aromatic carbocycles. The fourth-order valence-corrected chi connectivity index (χ4v) is 6.25. The number of unbranched alkanes of at least 4 members (excludes halogenated alkanes) is 19. The minimum absolute atomic E-state index is 0.136. The van der Waals surface area contributed by atoms with E-state index in [4.69, 9.17) is 0 Å². The van der Waals surface area contributed by atoms with Gasteiger partial charge in [-0.15, -0.1) is 0 Å². The second-order valence-corrected chi connectivity index (χ2v) is 12.5. The van der Waals surface area contributed by atoms with Gasteiger partial charge >= 0.3 is 0 Å². The van der Waals surface area contributed by atoms with Crippen LogP contribution in [0.1, 0.15) is 142 Å². The molecule has 0 bridgehead atoms. The second kappa shape index (κ2) is 23.9. The second-order valence-electron chi connectivity index (χ2n) is 10.6. The Morgan fingerprint density at radius 3 is 1.54 bits per heavy atom. The van der Waals surface area contributed by atoms with Crippen molar-refractivity contribution >= 4 is 15.7 Å². The Kier molecular flexibility index (Phi) is 21.9. The highest BCUT2D eigenvalue weighted by molar-refractivity contribution is 7.92. The Bertz CT molecular complexity index is 715. The Morgan fingerprint density at radius 2 is 1.05 bits per heavy atom. The van der Waals surface area contributed by atoms with Crippen LogP contribution in [0.25, 0.3) is 0 Å². The molecule has 0 unspecified atom stereocenters. The van der Waals surface area contributed by atoms with Crippen LogP contribution < -0.4 is 9.84 Å². The number of anilines is 1. The first-order chi connectivity index (χ1) is 18.1. The molecule has 0 aliphatic carbocycles. The van der Waals surface area contributed by atoms with Crippen LogP contribution in [0, 0.1) is 0 Å². The highest BCUT2D eigenvalue weighted by Crippen LogP contribution is 2.18. The van der Waals surface area contributed by atoms with Crippen LogP contribution in [0.15, 0.2) is 30.3 Å². The summed E-state index contributed by atoms with van der Waals surface area (Å²) in [6.45, 7) is 2.68. The first-order valence-corrected chi connectivity index (χ1v) is 17.1. The number of nitrogens with one attached hydrogen (secondary N) is 1. The van der Waals surface area contributed by atoms with E-state index >= 15 is 0 Å². The molecule has 0 aliphatic rings. The van der Waals surface area contributed by atoms with Crippen molar-refractivity contribution in [2.24, 2.45) is 0 Å². The number of sulfonamides is 1. The lowest BCUT2D eigenvalue weighted by atomic mass is 10.0. The molecule has 0 saturated carbocycles. The van der Waals surface area contributed by atoms with Gasteiger partial charge in [0.1, 0.15) is 0 Å². The number of halogens is 1. The Morgan fingerprint density at radius 1 is 0.622 bits per heavy atom. The van der Waals surface area contributed by atoms with Crippen molar-refractivity contribution < 1.29 is 12.8 Å². The monoisotopic (exact) mass is 540 g/mol. The molecule has 0 aromatic heterocycles. The van der Waals surface area contributed by atoms with Crippen molar-refractivity contribution in [3.05, 3.63) is 30.3 Å². The van der Waals surface area contributed by atoms with Crippen LogP contribution in [-0.4, -0.2) is 27.4 Å². The number of hydrogen-bond acceptors (Lipinski definition) is 3. The maximum absolute atomic E-state index is 13.1. The minimum Gasteiger partial charge on any atom is -0.251 e. The zero-order chi connectivity index (χ0) is 26.9. The van der Waals surface area contributed by atoms with Gasteiger partial charge in [0.05, 0.1) is 18.1 Å². The van der Waals surface area contributed by atoms with E-state index in [0.29, 0.717) is 25.1 Å². The number of alkyl halides is 1. The lowest BCUT2D eigenvalue weighted by Gasteiger charge is -2.25. The fourth-order valence-electron chi connectivity index (χ4n) is 4.77. The van der Waals surface area contributed by atoms with Gasteiger partial charge < -0.3 is 0 Å². The topological polar surface area (TPSA) is 49.4 Å². The van der Waals surface area contributed by atoms with Gasteiger partial charge in [-0.1, -0.05) is 141 Å². The van der Waals surface area contributed by atoms with Crippen LogP contribution in [0.2, 0.25) is 0 Å². The number of nitrogens with zero attached hydrogens (tertiary/aromatic N) is 1. The summed E-state index contributed by atoms with van der Waals surface area (Å²) in [4.78, 5) is 0. The molecule has 0 aliphatic heterocycles. The van der Waals surface area contributed by atoms with Gasteiger partial charge in [-0.3, -0.25) is 4.39 Å². The zero-order valence-electron chi connectivity index (χ0n) is 23.9. The molecule has 0 spiro atoms. The van der Waals surface area contributed by atoms with Gasteiger partial charge in [-0.05, 0) is 31.4 Å². The first kappa shape index (κ1) is 33.9. The Balaban J connectivity index is 2.16. The van der Waals surface area contributed by atoms with Crippen molar-refractivity contribution in [3.63, 3.8) is 0 Å². The summed E-state index contributed by atoms with van der Waals surface area (Å²) < 4.78 is 39.7. The van der Waals surface area contributed by atoms with Gasteiger partial charge in [0.15, 0.2) is 0 Å². The molecule has 216 valence electrons. The van der Waals surface area contributed by atoms with Crippen LogP contribution in [-0.2, 0) is 10.0 Å². The van der Waals surface area contributed by atoms with E-state index in [9.17, 15) is 12.8 Å². The zero-order valence-corrected chi connectivity index (χ0v) is 24.7. The summed E-state index contributed by atoms with van der Waals surface area (Å²) in [6.07, 6.45) is 24.8. The molecule has 0 amide bonds. The lowest BCUT2D eigenvalue weighted by molar-refractivity contribution is 0.451. The van der Waals surface area contributed by atoms with E-state index in [2.05, 4.69) is 12.3 Å². The highest BCUT2D eigenvalue weighted by atomic mass is 32.2. The Hall–Kier alpha value is -1.14. The smallest absolute Gasteiger partial charge is 0.248 e. The van der Waals surface area contributed by atoms with Gasteiger partial charge in [-0.2, -0.15) is 0 Å². The molecule has 0 saturated heterocycles. The summed E-state index contributed by atoms with van der Waals surface area (Å²) in [5, 5.41) is 0. The van der Waals surface area contributed by atoms with E-state index in [0.717, 1.165) is 38.5 Å². The molecule has 0 fully saturated rings. The Labute approximate surface area is 229 Å². The minimum atomic E-state index is -3.43. The average Bonchev–Trinajstić information content (AvgIpc) is 2.90. The summed E-state index contributed by atoms with van der Waals surface area (Å²) >= 11 is 0. The van der Waals surface area contributed by atoms with Crippen molar-refractivity contribution in [1.29, 1.82) is 0 Å². The third-order valence-electron chi connectivity index (χ3n) is 7.09. The van der Waals surface area contributed by atoms with Crippen LogP contribution >= 0.6 is 0 Å².